The Bertz CT molecular complexity index is 1470. The first-order valence-electron chi connectivity index (χ1n) is 14.7. The molecule has 0 radical (unpaired) electrons. The summed E-state index contributed by atoms with van der Waals surface area (Å²) in [4.78, 5) is 46.8. The van der Waals surface area contributed by atoms with E-state index in [4.69, 9.17) is 22.6 Å². The fourth-order valence-electron chi connectivity index (χ4n) is 5.29. The lowest BCUT2D eigenvalue weighted by Crippen LogP contribution is -2.44. The Morgan fingerprint density at radius 1 is 0.841 bits per heavy atom. The van der Waals surface area contributed by atoms with E-state index in [-0.39, 0.29) is 24.5 Å². The number of carbonyl (C=O) groups is 3. The smallest absolute Gasteiger partial charge is 0.411 e. The quantitative estimate of drug-likeness (QED) is 0.371. The van der Waals surface area contributed by atoms with Crippen molar-refractivity contribution in [3.63, 3.8) is 0 Å². The lowest BCUT2D eigenvalue weighted by molar-refractivity contribution is -0.130. The number of fused-ring (bicyclic) bond motifs is 2. The fraction of sp³-hybridized carbons (Fsp3) is 0.500. The van der Waals surface area contributed by atoms with Crippen LogP contribution in [0.5, 0.6) is 0 Å². The van der Waals surface area contributed by atoms with Gasteiger partial charge < -0.3 is 19.7 Å². The summed E-state index contributed by atoms with van der Waals surface area (Å²) in [5.41, 5.74) is 4.16. The van der Waals surface area contributed by atoms with Crippen LogP contribution in [-0.2, 0) is 27.1 Å². The molecule has 1 N–H and O–H groups in total. The van der Waals surface area contributed by atoms with E-state index in [0.717, 1.165) is 35.1 Å². The highest BCUT2D eigenvalue weighted by molar-refractivity contribution is 5.82. The summed E-state index contributed by atoms with van der Waals surface area (Å²) in [7, 11) is 3.32. The summed E-state index contributed by atoms with van der Waals surface area (Å²) >= 11 is 0. The van der Waals surface area contributed by atoms with E-state index in [9.17, 15) is 14.4 Å². The molecule has 0 spiro atoms. The maximum absolute atomic E-state index is 12.7. The number of hydrogen-bond acceptors (Lipinski definition) is 5. The summed E-state index contributed by atoms with van der Waals surface area (Å²) in [6.07, 6.45) is 2.14. The summed E-state index contributed by atoms with van der Waals surface area (Å²) in [5, 5.41) is 2.88. The number of benzene rings is 2. The third-order valence-electron chi connectivity index (χ3n) is 7.20. The van der Waals surface area contributed by atoms with Gasteiger partial charge in [0.2, 0.25) is 5.91 Å². The van der Waals surface area contributed by atoms with Crippen molar-refractivity contribution in [3.05, 3.63) is 81.5 Å². The Labute approximate surface area is 260 Å². The molecule has 0 aromatic heterocycles. The van der Waals surface area contributed by atoms with E-state index in [1.165, 1.54) is 9.80 Å². The van der Waals surface area contributed by atoms with Gasteiger partial charge in [0.05, 0.1) is 25.2 Å². The molecule has 2 aliphatic carbocycles. The third kappa shape index (κ3) is 8.73. The van der Waals surface area contributed by atoms with Gasteiger partial charge in [0.15, 0.2) is 11.4 Å². The number of ether oxygens (including phenoxy) is 2. The Morgan fingerprint density at radius 2 is 1.36 bits per heavy atom. The molecular weight excluding hydrogens is 558 g/mol. The molecule has 0 unspecified atom stereocenters. The largest absolute Gasteiger partial charge is 0.444 e. The molecule has 3 amide bonds. The summed E-state index contributed by atoms with van der Waals surface area (Å²) < 4.78 is 10.8. The second kappa shape index (κ2) is 13.8. The second-order valence-electron chi connectivity index (χ2n) is 13.1. The molecule has 0 bridgehead atoms. The first kappa shape index (κ1) is 33.9. The molecule has 10 heteroatoms. The molecule has 4 rings (SSSR count). The predicted molar refractivity (Wildman–Crippen MR) is 169 cm³/mol. The fourth-order valence-corrected chi connectivity index (χ4v) is 5.29. The maximum atomic E-state index is 12.7. The summed E-state index contributed by atoms with van der Waals surface area (Å²) in [6.45, 7) is 25.3. The zero-order valence-corrected chi connectivity index (χ0v) is 27.0. The van der Waals surface area contributed by atoms with E-state index >= 15 is 0 Å². The van der Waals surface area contributed by atoms with Crippen LogP contribution in [0.25, 0.3) is 9.69 Å². The molecule has 2 atom stereocenters. The van der Waals surface area contributed by atoms with Crippen LogP contribution in [0.4, 0.5) is 21.0 Å². The number of nitrogens with one attached hydrogen (secondary N) is 1. The van der Waals surface area contributed by atoms with E-state index in [2.05, 4.69) is 15.0 Å². The van der Waals surface area contributed by atoms with Crippen molar-refractivity contribution in [1.82, 2.24) is 15.1 Å². The standard InChI is InChI=1S/C19H25N3O3.C15H18N2O2/c1-19(2,3)25-18(24)22(12-17(23)21(5)6)16-11-10-13-14(16)8-7-9-15(13)20-4;1-15(2,3)19-14(18)17-13-9-8-11-10(13)6-5-7-12(11)16-4/h7-9,16H,10-12H2,1-3,5-6H3;5-7,13H,8-9H2,1-3H3,(H,17,18)/t16-;13-/m00/s1. The molecule has 2 aromatic rings. The van der Waals surface area contributed by atoms with Crippen LogP contribution < -0.4 is 5.32 Å². The monoisotopic (exact) mass is 601 g/mol. The molecule has 10 nitrogen and oxygen atoms in total. The Kier molecular flexibility index (Phi) is 10.7. The lowest BCUT2D eigenvalue weighted by Gasteiger charge is -2.32. The van der Waals surface area contributed by atoms with Crippen LogP contribution in [0.15, 0.2) is 36.4 Å². The highest BCUT2D eigenvalue weighted by Gasteiger charge is 2.36. The van der Waals surface area contributed by atoms with Crippen molar-refractivity contribution >= 4 is 29.5 Å². The van der Waals surface area contributed by atoms with Gasteiger partial charge >= 0.3 is 12.2 Å². The van der Waals surface area contributed by atoms with Gasteiger partial charge in [-0.05, 0) is 89.5 Å². The maximum Gasteiger partial charge on any atom is 0.411 e. The number of rotatable bonds is 4. The van der Waals surface area contributed by atoms with E-state index in [1.54, 1.807) is 40.9 Å². The van der Waals surface area contributed by atoms with Gasteiger partial charge in [0.25, 0.3) is 0 Å². The number of hydrogen-bond donors (Lipinski definition) is 1. The van der Waals surface area contributed by atoms with Gasteiger partial charge in [-0.15, -0.1) is 0 Å². The van der Waals surface area contributed by atoms with E-state index in [0.29, 0.717) is 24.2 Å². The molecule has 2 aromatic carbocycles. The minimum atomic E-state index is -0.643. The first-order valence-corrected chi connectivity index (χ1v) is 14.7. The van der Waals surface area contributed by atoms with Crippen LogP contribution in [-0.4, -0.2) is 59.7 Å². The highest BCUT2D eigenvalue weighted by Crippen LogP contribution is 2.41. The molecule has 0 fully saturated rings. The molecule has 0 aliphatic heterocycles. The van der Waals surface area contributed by atoms with Gasteiger partial charge in [-0.2, -0.15) is 0 Å². The zero-order valence-electron chi connectivity index (χ0n) is 27.0. The van der Waals surface area contributed by atoms with Gasteiger partial charge in [-0.3, -0.25) is 9.69 Å². The molecule has 44 heavy (non-hydrogen) atoms. The van der Waals surface area contributed by atoms with Gasteiger partial charge in [-0.25, -0.2) is 19.3 Å². The van der Waals surface area contributed by atoms with Crippen molar-refractivity contribution in [2.24, 2.45) is 0 Å². The van der Waals surface area contributed by atoms with E-state index in [1.807, 2.05) is 51.1 Å². The van der Waals surface area contributed by atoms with Gasteiger partial charge in [0.1, 0.15) is 17.7 Å². The zero-order chi connectivity index (χ0) is 32.8. The highest BCUT2D eigenvalue weighted by atomic mass is 16.6. The molecular formula is C34H43N5O5. The van der Waals surface area contributed by atoms with E-state index < -0.39 is 23.4 Å². The molecule has 0 heterocycles. The van der Waals surface area contributed by atoms with Crippen molar-refractivity contribution < 1.29 is 23.9 Å². The molecule has 0 saturated carbocycles. The lowest BCUT2D eigenvalue weighted by atomic mass is 10.1. The van der Waals surface area contributed by atoms with Crippen molar-refractivity contribution in [2.75, 3.05) is 20.6 Å². The second-order valence-corrected chi connectivity index (χ2v) is 13.1. The number of alkyl carbamates (subject to hydrolysis) is 1. The summed E-state index contributed by atoms with van der Waals surface area (Å²) in [5.74, 6) is -0.166. The van der Waals surface area contributed by atoms with Crippen molar-refractivity contribution in [1.29, 1.82) is 0 Å². The van der Waals surface area contributed by atoms with Crippen LogP contribution in [0, 0.1) is 13.1 Å². The third-order valence-corrected chi connectivity index (χ3v) is 7.20. The van der Waals surface area contributed by atoms with Gasteiger partial charge in [-0.1, -0.05) is 36.4 Å². The Hall–Kier alpha value is -4.57. The first-order chi connectivity index (χ1) is 20.5. The van der Waals surface area contributed by atoms with Crippen molar-refractivity contribution in [3.8, 4) is 0 Å². The number of likely N-dealkylation sites (N-methyl/N-ethyl adjacent to an activating group) is 1. The molecule has 0 saturated heterocycles. The number of carbonyl (C=O) groups excluding carboxylic acids is 3. The normalized spacial score (nSPS) is 16.6. The Balaban J connectivity index is 0.000000249. The van der Waals surface area contributed by atoms with Crippen molar-refractivity contribution in [2.45, 2.75) is 90.5 Å². The van der Waals surface area contributed by atoms with Crippen LogP contribution >= 0.6 is 0 Å². The summed E-state index contributed by atoms with van der Waals surface area (Å²) in [6, 6.07) is 10.9. The number of amides is 3. The minimum Gasteiger partial charge on any atom is -0.444 e. The van der Waals surface area contributed by atoms with Crippen LogP contribution in [0.1, 0.15) is 88.7 Å². The van der Waals surface area contributed by atoms with Gasteiger partial charge in [0, 0.05) is 14.1 Å². The van der Waals surface area contributed by atoms with Crippen LogP contribution in [0.3, 0.4) is 0 Å². The molecule has 234 valence electrons. The topological polar surface area (TPSA) is 96.9 Å². The van der Waals surface area contributed by atoms with Crippen LogP contribution in [0.2, 0.25) is 0 Å². The number of nitrogens with zero attached hydrogens (tertiary/aromatic N) is 4. The minimum absolute atomic E-state index is 0.0474. The average molecular weight is 602 g/mol. The average Bonchev–Trinajstić information content (AvgIpc) is 3.54. The Morgan fingerprint density at radius 3 is 1.89 bits per heavy atom. The predicted octanol–water partition coefficient (Wildman–Crippen LogP) is 7.30. The molecule has 2 aliphatic rings. The SMILES string of the molecule is [C-]#[N+]c1cccc2c1CC[C@@H]2N(CC(=O)N(C)C)C(=O)OC(C)(C)C.[C-]#[N+]c1cccc2c1CC[C@@H]2NC(=O)OC(C)(C)C.